The van der Waals surface area contributed by atoms with Gasteiger partial charge in [-0.3, -0.25) is 9.69 Å². The molecule has 0 spiro atoms. The van der Waals surface area contributed by atoms with Crippen LogP contribution in [-0.4, -0.2) is 53.1 Å². The van der Waals surface area contributed by atoms with E-state index in [4.69, 9.17) is 0 Å². The maximum Gasteiger partial charge on any atom is 0.227 e. The van der Waals surface area contributed by atoms with Crippen molar-refractivity contribution >= 4 is 5.91 Å². The summed E-state index contributed by atoms with van der Waals surface area (Å²) < 4.78 is 26.8. The molecule has 4 nitrogen and oxygen atoms in total. The number of aliphatic hydroxyl groups excluding tert-OH is 1. The largest absolute Gasteiger partial charge is 0.390 e. The van der Waals surface area contributed by atoms with E-state index in [0.29, 0.717) is 26.2 Å². The highest BCUT2D eigenvalue weighted by atomic mass is 19.1. The summed E-state index contributed by atoms with van der Waals surface area (Å²) in [6, 6.07) is 13.2. The molecule has 0 bridgehead atoms. The Hall–Kier alpha value is -2.31. The summed E-state index contributed by atoms with van der Waals surface area (Å²) in [6.07, 6.45) is -0.805. The van der Waals surface area contributed by atoms with Gasteiger partial charge in [0, 0.05) is 38.8 Å². The average Bonchev–Trinajstić information content (AvgIpc) is 2.79. The standard InChI is InChI=1S/C20H22F2N2O2/c21-17-7-6-16(19(22)11-17)10-20(26)24-9-8-23(13-18(25)14-24)12-15-4-2-1-3-5-15/h1-7,11,18,25H,8-10,12-14H2/t18-/m1/s1. The van der Waals surface area contributed by atoms with Gasteiger partial charge in [-0.2, -0.15) is 0 Å². The van der Waals surface area contributed by atoms with Crippen molar-refractivity contribution in [3.8, 4) is 0 Å². The molecule has 0 radical (unpaired) electrons. The van der Waals surface area contributed by atoms with Gasteiger partial charge in [0.05, 0.1) is 12.5 Å². The van der Waals surface area contributed by atoms with Crippen LogP contribution in [0.4, 0.5) is 8.78 Å². The monoisotopic (exact) mass is 360 g/mol. The molecular formula is C20H22F2N2O2. The molecule has 0 aromatic heterocycles. The van der Waals surface area contributed by atoms with Crippen LogP contribution in [0.2, 0.25) is 0 Å². The lowest BCUT2D eigenvalue weighted by atomic mass is 10.1. The molecule has 1 N–H and O–H groups in total. The van der Waals surface area contributed by atoms with Crippen LogP contribution in [-0.2, 0) is 17.8 Å². The molecule has 26 heavy (non-hydrogen) atoms. The van der Waals surface area contributed by atoms with E-state index >= 15 is 0 Å². The first-order chi connectivity index (χ1) is 12.5. The van der Waals surface area contributed by atoms with E-state index in [-0.39, 0.29) is 24.4 Å². The highest BCUT2D eigenvalue weighted by Crippen LogP contribution is 2.14. The van der Waals surface area contributed by atoms with Gasteiger partial charge in [0.15, 0.2) is 0 Å². The lowest BCUT2D eigenvalue weighted by Gasteiger charge is -2.22. The molecule has 1 atom stereocenters. The zero-order valence-electron chi connectivity index (χ0n) is 14.4. The predicted octanol–water partition coefficient (Wildman–Crippen LogP) is 2.21. The first-order valence-electron chi connectivity index (χ1n) is 8.67. The van der Waals surface area contributed by atoms with Gasteiger partial charge in [-0.25, -0.2) is 8.78 Å². The third-order valence-corrected chi connectivity index (χ3v) is 4.54. The summed E-state index contributed by atoms with van der Waals surface area (Å²) >= 11 is 0. The van der Waals surface area contributed by atoms with Crippen molar-refractivity contribution in [2.75, 3.05) is 26.2 Å². The zero-order chi connectivity index (χ0) is 18.5. The summed E-state index contributed by atoms with van der Waals surface area (Å²) in [5.41, 5.74) is 1.31. The molecule has 0 aliphatic carbocycles. The normalized spacial score (nSPS) is 18.6. The number of rotatable bonds is 4. The van der Waals surface area contributed by atoms with E-state index < -0.39 is 17.7 Å². The number of hydrogen-bond donors (Lipinski definition) is 1. The van der Waals surface area contributed by atoms with Crippen LogP contribution >= 0.6 is 0 Å². The second kappa shape index (κ2) is 8.38. The topological polar surface area (TPSA) is 43.8 Å². The number of amides is 1. The molecule has 1 saturated heterocycles. The maximum atomic E-state index is 13.8. The van der Waals surface area contributed by atoms with Crippen molar-refractivity contribution in [3.05, 3.63) is 71.3 Å². The van der Waals surface area contributed by atoms with Crippen molar-refractivity contribution in [3.63, 3.8) is 0 Å². The molecule has 138 valence electrons. The highest BCUT2D eigenvalue weighted by Gasteiger charge is 2.25. The fourth-order valence-corrected chi connectivity index (χ4v) is 3.21. The van der Waals surface area contributed by atoms with Crippen molar-refractivity contribution < 1.29 is 18.7 Å². The van der Waals surface area contributed by atoms with E-state index in [9.17, 15) is 18.7 Å². The first-order valence-corrected chi connectivity index (χ1v) is 8.67. The van der Waals surface area contributed by atoms with E-state index in [1.165, 1.54) is 6.07 Å². The zero-order valence-corrected chi connectivity index (χ0v) is 14.4. The third kappa shape index (κ3) is 4.86. The second-order valence-corrected chi connectivity index (χ2v) is 6.63. The Morgan fingerprint density at radius 1 is 1.08 bits per heavy atom. The number of nitrogens with zero attached hydrogens (tertiary/aromatic N) is 2. The maximum absolute atomic E-state index is 13.8. The highest BCUT2D eigenvalue weighted by molar-refractivity contribution is 5.79. The molecule has 1 heterocycles. The average molecular weight is 360 g/mol. The third-order valence-electron chi connectivity index (χ3n) is 4.54. The Morgan fingerprint density at radius 3 is 2.58 bits per heavy atom. The SMILES string of the molecule is O=C(Cc1ccc(F)cc1F)N1CCN(Cc2ccccc2)C[C@@H](O)C1. The van der Waals surface area contributed by atoms with Gasteiger partial charge >= 0.3 is 0 Å². The van der Waals surface area contributed by atoms with Crippen LogP contribution in [0.5, 0.6) is 0 Å². The number of carbonyl (C=O) groups excluding carboxylic acids is 1. The quantitative estimate of drug-likeness (QED) is 0.909. The van der Waals surface area contributed by atoms with Crippen LogP contribution in [0, 0.1) is 11.6 Å². The molecule has 1 fully saturated rings. The summed E-state index contributed by atoms with van der Waals surface area (Å²) in [5, 5.41) is 10.3. The minimum Gasteiger partial charge on any atom is -0.390 e. The number of aliphatic hydroxyl groups is 1. The lowest BCUT2D eigenvalue weighted by molar-refractivity contribution is -0.131. The van der Waals surface area contributed by atoms with Gasteiger partial charge in [-0.05, 0) is 17.2 Å². The van der Waals surface area contributed by atoms with Gasteiger partial charge in [-0.15, -0.1) is 0 Å². The van der Waals surface area contributed by atoms with Crippen LogP contribution in [0.1, 0.15) is 11.1 Å². The lowest BCUT2D eigenvalue weighted by Crippen LogP contribution is -2.38. The number of β-amino-alcohol motifs (C(OH)–C–C–N with tert-alkyl or cyclic N) is 1. The van der Waals surface area contributed by atoms with Crippen LogP contribution in [0.15, 0.2) is 48.5 Å². The number of carbonyl (C=O) groups is 1. The Morgan fingerprint density at radius 2 is 1.85 bits per heavy atom. The summed E-state index contributed by atoms with van der Waals surface area (Å²) in [7, 11) is 0. The van der Waals surface area contributed by atoms with Crippen LogP contribution in [0.3, 0.4) is 0 Å². The summed E-state index contributed by atoms with van der Waals surface area (Å²) in [6.45, 7) is 2.48. The van der Waals surface area contributed by atoms with E-state index in [2.05, 4.69) is 4.90 Å². The second-order valence-electron chi connectivity index (χ2n) is 6.63. The van der Waals surface area contributed by atoms with Crippen molar-refractivity contribution in [2.24, 2.45) is 0 Å². The minimum atomic E-state index is -0.723. The fourth-order valence-electron chi connectivity index (χ4n) is 3.21. The molecule has 3 rings (SSSR count). The summed E-state index contributed by atoms with van der Waals surface area (Å²) in [4.78, 5) is 16.2. The predicted molar refractivity (Wildman–Crippen MR) is 94.4 cm³/mol. The van der Waals surface area contributed by atoms with Crippen LogP contribution < -0.4 is 0 Å². The molecule has 1 amide bonds. The number of hydrogen-bond acceptors (Lipinski definition) is 3. The molecular weight excluding hydrogens is 338 g/mol. The Balaban J connectivity index is 1.61. The van der Waals surface area contributed by atoms with Gasteiger partial charge in [0.1, 0.15) is 11.6 Å². The summed E-state index contributed by atoms with van der Waals surface area (Å²) in [5.74, 6) is -1.66. The molecule has 0 unspecified atom stereocenters. The van der Waals surface area contributed by atoms with Crippen molar-refractivity contribution in [1.82, 2.24) is 9.80 Å². The van der Waals surface area contributed by atoms with Gasteiger partial charge in [0.25, 0.3) is 0 Å². The Labute approximate surface area is 151 Å². The van der Waals surface area contributed by atoms with Crippen LogP contribution in [0.25, 0.3) is 0 Å². The number of benzene rings is 2. The molecule has 2 aromatic rings. The smallest absolute Gasteiger partial charge is 0.227 e. The van der Waals surface area contributed by atoms with Gasteiger partial charge in [0.2, 0.25) is 5.91 Å². The van der Waals surface area contributed by atoms with E-state index in [1.807, 2.05) is 30.3 Å². The first kappa shape index (κ1) is 18.5. The fraction of sp³-hybridized carbons (Fsp3) is 0.350. The minimum absolute atomic E-state index is 0.141. The van der Waals surface area contributed by atoms with Gasteiger partial charge in [-0.1, -0.05) is 36.4 Å². The molecule has 2 aromatic carbocycles. The molecule has 0 saturated carbocycles. The Bertz CT molecular complexity index is 755. The molecule has 6 heteroatoms. The number of halogens is 2. The van der Waals surface area contributed by atoms with Crippen molar-refractivity contribution in [2.45, 2.75) is 19.1 Å². The molecule has 1 aliphatic heterocycles. The van der Waals surface area contributed by atoms with Crippen molar-refractivity contribution in [1.29, 1.82) is 0 Å². The molecule has 1 aliphatic rings. The Kier molecular flexibility index (Phi) is 5.96. The van der Waals surface area contributed by atoms with E-state index in [1.54, 1.807) is 4.90 Å². The van der Waals surface area contributed by atoms with E-state index in [0.717, 1.165) is 17.7 Å². The van der Waals surface area contributed by atoms with Gasteiger partial charge < -0.3 is 10.0 Å².